The number of nitrogens with one attached hydrogen (secondary N) is 2. The largest absolute Gasteiger partial charge is 0.483 e. The summed E-state index contributed by atoms with van der Waals surface area (Å²) in [7, 11) is -4.63. The van der Waals surface area contributed by atoms with Gasteiger partial charge in [-0.05, 0) is 104 Å². The summed E-state index contributed by atoms with van der Waals surface area (Å²) >= 11 is 0. The third-order valence-electron chi connectivity index (χ3n) is 14.6. The van der Waals surface area contributed by atoms with E-state index in [4.69, 9.17) is 9.47 Å². The SMILES string of the molecule is CCC12CC(C3=C(CN4CCN(c5ccc(C(=O)NS(=O)(=O)c6ccc(OCC7(F)CCCCC7)c([N+](=O)[O-])c6)c(Oc6cnc7[nH]ccc7c6)c5)CC4)CCC(C)(C)C3)(C1)C2. The van der Waals surface area contributed by atoms with Crippen molar-refractivity contribution in [1.82, 2.24) is 19.6 Å². The maximum absolute atomic E-state index is 15.2. The molecule has 0 spiro atoms. The lowest BCUT2D eigenvalue weighted by atomic mass is 9.31. The number of nitrogens with zero attached hydrogens (tertiary/aromatic N) is 4. The summed E-state index contributed by atoms with van der Waals surface area (Å²) in [4.78, 5) is 37.0. The fraction of sp³-hybridized carbons (Fsp3) is 0.532. The zero-order valence-electron chi connectivity index (χ0n) is 35.9. The molecule has 5 aliphatic carbocycles. The number of pyridine rings is 1. The molecule has 2 bridgehead atoms. The third-order valence-corrected chi connectivity index (χ3v) is 15.9. The van der Waals surface area contributed by atoms with E-state index in [2.05, 4.69) is 45.3 Å². The Labute approximate surface area is 362 Å². The standard InChI is InChI=1S/C47H57FN6O7S/c1-4-45-28-46(29-45,30-45)38-25-44(2,3)16-12-33(38)27-52-18-20-53(21-19-52)34-8-10-37(41(23-34)61-35-22-32-13-17-49-42(32)50-26-35)43(55)51-62(58,59)36-9-11-40(39(24-36)54(56)57)60-31-47(48)14-6-5-7-15-47/h8-11,13,17,22-24,26H,4-7,12,14-16,18-21,25,27-31H2,1-3H3,(H,49,50)(H,51,55). The molecule has 10 rings (SSSR count). The fourth-order valence-corrected chi connectivity index (χ4v) is 12.0. The Morgan fingerprint density at radius 1 is 0.984 bits per heavy atom. The quantitative estimate of drug-likeness (QED) is 0.0710. The van der Waals surface area contributed by atoms with Crippen molar-refractivity contribution < 1.29 is 32.0 Å². The number of anilines is 1. The monoisotopic (exact) mass is 868 g/mol. The first-order valence-electron chi connectivity index (χ1n) is 22.2. The number of carbonyl (C=O) groups is 1. The number of hydrogen-bond donors (Lipinski definition) is 2. The van der Waals surface area contributed by atoms with Gasteiger partial charge in [-0.1, -0.05) is 57.6 Å². The lowest BCUT2D eigenvalue weighted by Crippen LogP contribution is -2.63. The van der Waals surface area contributed by atoms with Gasteiger partial charge < -0.3 is 19.4 Å². The number of amides is 1. The first-order valence-corrected chi connectivity index (χ1v) is 23.7. The van der Waals surface area contributed by atoms with Gasteiger partial charge in [0.25, 0.3) is 15.9 Å². The molecule has 4 saturated carbocycles. The number of nitro groups is 1. The second-order valence-electron chi connectivity index (χ2n) is 19.5. The molecule has 2 aromatic heterocycles. The number of H-pyrrole nitrogens is 1. The molecule has 0 unspecified atom stereocenters. The molecule has 2 aromatic carbocycles. The molecule has 4 aromatic rings. The number of alkyl halides is 1. The van der Waals surface area contributed by atoms with Crippen molar-refractivity contribution in [2.24, 2.45) is 16.2 Å². The Kier molecular flexibility index (Phi) is 10.9. The van der Waals surface area contributed by atoms with Crippen LogP contribution in [0.4, 0.5) is 15.8 Å². The van der Waals surface area contributed by atoms with Gasteiger partial charge in [-0.3, -0.25) is 19.8 Å². The van der Waals surface area contributed by atoms with E-state index in [1.165, 1.54) is 57.2 Å². The molecule has 1 aliphatic heterocycles. The van der Waals surface area contributed by atoms with Gasteiger partial charge in [0.05, 0.1) is 21.6 Å². The van der Waals surface area contributed by atoms with Gasteiger partial charge in [-0.25, -0.2) is 22.5 Å². The molecular formula is C47H57FN6O7S. The molecule has 13 nitrogen and oxygen atoms in total. The summed E-state index contributed by atoms with van der Waals surface area (Å²) in [6.07, 6.45) is 15.2. The van der Waals surface area contributed by atoms with Crippen molar-refractivity contribution >= 4 is 38.3 Å². The number of fused-ring (bicyclic) bond motifs is 1. The Balaban J connectivity index is 0.921. The fourth-order valence-electron chi connectivity index (χ4n) is 11.0. The molecule has 0 radical (unpaired) electrons. The average Bonchev–Trinajstić information content (AvgIpc) is 3.68. The highest BCUT2D eigenvalue weighted by atomic mass is 32.2. The predicted molar refractivity (Wildman–Crippen MR) is 235 cm³/mol. The predicted octanol–water partition coefficient (Wildman–Crippen LogP) is 9.64. The zero-order valence-corrected chi connectivity index (χ0v) is 36.8. The molecular weight excluding hydrogens is 812 g/mol. The van der Waals surface area contributed by atoms with Crippen LogP contribution in [-0.2, 0) is 10.0 Å². The van der Waals surface area contributed by atoms with Gasteiger partial charge in [0.1, 0.15) is 29.4 Å². The minimum Gasteiger partial charge on any atom is -0.483 e. The highest BCUT2D eigenvalue weighted by molar-refractivity contribution is 7.90. The zero-order chi connectivity index (χ0) is 43.5. The van der Waals surface area contributed by atoms with Crippen molar-refractivity contribution in [2.75, 3.05) is 44.2 Å². The third kappa shape index (κ3) is 8.29. The summed E-state index contributed by atoms with van der Waals surface area (Å²) in [5.74, 6) is -0.772. The van der Waals surface area contributed by atoms with Crippen LogP contribution >= 0.6 is 0 Å². The van der Waals surface area contributed by atoms with E-state index in [1.54, 1.807) is 35.5 Å². The van der Waals surface area contributed by atoms with Crippen LogP contribution in [0.1, 0.15) is 108 Å². The van der Waals surface area contributed by atoms with E-state index in [0.717, 1.165) is 68.4 Å². The minimum absolute atomic E-state index is 0.0570. The Bertz CT molecular complexity index is 2520. The normalized spacial score (nSPS) is 24.5. The average molecular weight is 869 g/mol. The van der Waals surface area contributed by atoms with Gasteiger partial charge in [-0.2, -0.15) is 0 Å². The van der Waals surface area contributed by atoms with Crippen molar-refractivity contribution in [3.63, 3.8) is 0 Å². The number of halogens is 1. The number of hydrogen-bond acceptors (Lipinski definition) is 10. The van der Waals surface area contributed by atoms with Crippen LogP contribution in [0.15, 0.2) is 77.0 Å². The van der Waals surface area contributed by atoms with E-state index >= 15 is 4.39 Å². The van der Waals surface area contributed by atoms with Crippen LogP contribution in [0.25, 0.3) is 11.0 Å². The highest BCUT2D eigenvalue weighted by Gasteiger charge is 2.68. The van der Waals surface area contributed by atoms with E-state index in [1.807, 2.05) is 6.07 Å². The van der Waals surface area contributed by atoms with Crippen LogP contribution < -0.4 is 19.1 Å². The number of rotatable bonds is 14. The molecule has 2 N–H and O–H groups in total. The number of aromatic nitrogens is 2. The van der Waals surface area contributed by atoms with E-state index in [0.29, 0.717) is 40.5 Å². The molecule has 6 aliphatic rings. The van der Waals surface area contributed by atoms with Gasteiger partial charge in [0, 0.05) is 62.1 Å². The first-order chi connectivity index (χ1) is 29.6. The summed E-state index contributed by atoms with van der Waals surface area (Å²) in [6.45, 7) is 11.1. The summed E-state index contributed by atoms with van der Waals surface area (Å²) in [5.41, 5.74) is 3.99. The Morgan fingerprint density at radius 3 is 2.47 bits per heavy atom. The van der Waals surface area contributed by atoms with Crippen LogP contribution in [0, 0.1) is 26.4 Å². The molecule has 3 heterocycles. The van der Waals surface area contributed by atoms with Crippen LogP contribution in [-0.4, -0.2) is 79.1 Å². The van der Waals surface area contributed by atoms with Gasteiger partial charge in [-0.15, -0.1) is 0 Å². The maximum atomic E-state index is 15.2. The van der Waals surface area contributed by atoms with E-state index in [-0.39, 0.29) is 36.5 Å². The van der Waals surface area contributed by atoms with E-state index in [9.17, 15) is 23.3 Å². The van der Waals surface area contributed by atoms with Crippen molar-refractivity contribution in [3.05, 3.63) is 87.7 Å². The van der Waals surface area contributed by atoms with Crippen molar-refractivity contribution in [1.29, 1.82) is 0 Å². The molecule has 0 atom stereocenters. The number of benzene rings is 2. The molecule has 1 saturated heterocycles. The molecule has 1 amide bonds. The number of carbonyl (C=O) groups excluding carboxylic acids is 1. The van der Waals surface area contributed by atoms with Crippen molar-refractivity contribution in [2.45, 2.75) is 108 Å². The molecule has 62 heavy (non-hydrogen) atoms. The molecule has 330 valence electrons. The maximum Gasteiger partial charge on any atom is 0.312 e. The number of piperazine rings is 1. The van der Waals surface area contributed by atoms with Gasteiger partial charge >= 0.3 is 5.69 Å². The number of aromatic amines is 1. The Hall–Kier alpha value is -5.02. The van der Waals surface area contributed by atoms with Crippen LogP contribution in [0.2, 0.25) is 0 Å². The number of nitro benzene ring substituents is 1. The highest BCUT2D eigenvalue weighted by Crippen LogP contribution is 2.79. The molecule has 5 fully saturated rings. The van der Waals surface area contributed by atoms with Crippen LogP contribution in [0.5, 0.6) is 17.2 Å². The van der Waals surface area contributed by atoms with Gasteiger partial charge in [0.15, 0.2) is 5.75 Å². The lowest BCUT2D eigenvalue weighted by molar-refractivity contribution is -0.386. The number of sulfonamides is 1. The second kappa shape index (κ2) is 16.0. The second-order valence-corrected chi connectivity index (χ2v) is 21.2. The molecule has 15 heteroatoms. The van der Waals surface area contributed by atoms with Crippen LogP contribution in [0.3, 0.4) is 0 Å². The van der Waals surface area contributed by atoms with E-state index < -0.39 is 37.1 Å². The van der Waals surface area contributed by atoms with Gasteiger partial charge in [0.2, 0.25) is 0 Å². The smallest absolute Gasteiger partial charge is 0.312 e. The summed E-state index contributed by atoms with van der Waals surface area (Å²) < 4.78 is 56.5. The minimum atomic E-state index is -4.63. The Morgan fingerprint density at radius 2 is 1.74 bits per heavy atom. The summed E-state index contributed by atoms with van der Waals surface area (Å²) in [6, 6.07) is 11.7. The summed E-state index contributed by atoms with van der Waals surface area (Å²) in [5, 5.41) is 12.8. The number of ether oxygens (including phenoxy) is 2. The number of allylic oxidation sites excluding steroid dienone is 1. The first kappa shape index (κ1) is 42.3. The topological polar surface area (TPSA) is 160 Å². The van der Waals surface area contributed by atoms with Crippen molar-refractivity contribution in [3.8, 4) is 17.2 Å². The lowest BCUT2D eigenvalue weighted by Gasteiger charge is -2.73.